The highest BCUT2D eigenvalue weighted by atomic mass is 16.6. The molecule has 21 heavy (non-hydrogen) atoms. The number of imide groups is 1. The maximum Gasteiger partial charge on any atom is 0.421 e. The molecule has 0 saturated heterocycles. The van der Waals surface area contributed by atoms with Crippen LogP contribution < -0.4 is 4.90 Å². The zero-order chi connectivity index (χ0) is 15.4. The van der Waals surface area contributed by atoms with E-state index in [0.29, 0.717) is 12.1 Å². The molecule has 5 nitrogen and oxygen atoms in total. The molecular weight excluding hydrogens is 268 g/mol. The van der Waals surface area contributed by atoms with Crippen LogP contribution in [0.3, 0.4) is 0 Å². The first-order valence-electron chi connectivity index (χ1n) is 6.88. The molecule has 0 N–H and O–H groups in total. The van der Waals surface area contributed by atoms with Crippen LogP contribution in [0.15, 0.2) is 24.3 Å². The Morgan fingerprint density at radius 2 is 2.10 bits per heavy atom. The minimum atomic E-state index is -0.845. The molecule has 1 aliphatic carbocycles. The average Bonchev–Trinajstić information content (AvgIpc) is 3.07. The molecule has 2 aliphatic rings. The number of ether oxygens (including phenoxy) is 1. The Bertz CT molecular complexity index is 683. The lowest BCUT2D eigenvalue weighted by molar-refractivity contribution is -0.120. The number of hydrogen-bond donors (Lipinski definition) is 0. The molecule has 0 aromatic heterocycles. The van der Waals surface area contributed by atoms with Crippen molar-refractivity contribution in [3.8, 4) is 6.07 Å². The monoisotopic (exact) mass is 284 g/mol. The number of para-hydroxylation sites is 1. The van der Waals surface area contributed by atoms with E-state index in [4.69, 9.17) is 10.00 Å². The molecule has 1 aromatic rings. The summed E-state index contributed by atoms with van der Waals surface area (Å²) in [4.78, 5) is 26.1. The number of carbonyl (C=O) groups excluding carboxylic acids is 2. The highest BCUT2D eigenvalue weighted by Crippen LogP contribution is 2.61. The molecule has 0 radical (unpaired) electrons. The molecule has 0 bridgehead atoms. The summed E-state index contributed by atoms with van der Waals surface area (Å²) >= 11 is 0. The van der Waals surface area contributed by atoms with Gasteiger partial charge < -0.3 is 4.74 Å². The van der Waals surface area contributed by atoms with E-state index in [1.165, 1.54) is 0 Å². The van der Waals surface area contributed by atoms with Gasteiger partial charge in [0.15, 0.2) is 0 Å². The number of rotatable bonds is 0. The summed E-state index contributed by atoms with van der Waals surface area (Å²) in [6.45, 7) is 5.26. The lowest BCUT2D eigenvalue weighted by Crippen LogP contribution is -2.41. The van der Waals surface area contributed by atoms with Gasteiger partial charge in [-0.15, -0.1) is 0 Å². The Hall–Kier alpha value is -2.35. The molecule has 1 saturated carbocycles. The lowest BCUT2D eigenvalue weighted by atomic mass is 9.95. The van der Waals surface area contributed by atoms with Crippen LogP contribution in [0.2, 0.25) is 0 Å². The Balaban J connectivity index is 2.03. The zero-order valence-electron chi connectivity index (χ0n) is 12.2. The van der Waals surface area contributed by atoms with Crippen molar-refractivity contribution in [3.05, 3.63) is 29.8 Å². The Morgan fingerprint density at radius 1 is 1.43 bits per heavy atom. The molecule has 1 aromatic carbocycles. The Kier molecular flexibility index (Phi) is 2.64. The molecule has 1 fully saturated rings. The first-order valence-corrected chi connectivity index (χ1v) is 6.88. The number of hydrogen-bond acceptors (Lipinski definition) is 4. The number of anilines is 1. The van der Waals surface area contributed by atoms with E-state index in [1.54, 1.807) is 32.9 Å². The van der Waals surface area contributed by atoms with Gasteiger partial charge in [0.1, 0.15) is 5.60 Å². The maximum absolute atomic E-state index is 12.7. The van der Waals surface area contributed by atoms with E-state index < -0.39 is 17.1 Å². The fourth-order valence-corrected chi connectivity index (χ4v) is 2.91. The molecule has 1 aliphatic heterocycles. The molecule has 2 atom stereocenters. The van der Waals surface area contributed by atoms with Crippen LogP contribution in [0.25, 0.3) is 0 Å². The van der Waals surface area contributed by atoms with Crippen LogP contribution in [0, 0.1) is 17.2 Å². The standard InChI is InChI=1S/C16H16N2O3/c1-15(2,3)21-14(20)18-12-7-5-4-6-11(12)16(13(18)19)8-10(16)9-17/h4-7,10H,8H2,1-3H3/t10?,16-/m0/s1. The quantitative estimate of drug-likeness (QED) is 0.734. The van der Waals surface area contributed by atoms with Gasteiger partial charge in [-0.05, 0) is 38.8 Å². The highest BCUT2D eigenvalue weighted by molar-refractivity contribution is 6.22. The van der Waals surface area contributed by atoms with Crippen molar-refractivity contribution >= 4 is 17.7 Å². The summed E-state index contributed by atoms with van der Waals surface area (Å²) in [5.74, 6) is -0.705. The van der Waals surface area contributed by atoms with Gasteiger partial charge in [0.25, 0.3) is 0 Å². The number of nitrogens with zero attached hydrogens (tertiary/aromatic N) is 2. The third-order valence-electron chi connectivity index (χ3n) is 3.90. The van der Waals surface area contributed by atoms with Gasteiger partial charge in [-0.1, -0.05) is 18.2 Å². The predicted molar refractivity (Wildman–Crippen MR) is 75.6 cm³/mol. The molecule has 1 unspecified atom stereocenters. The van der Waals surface area contributed by atoms with Gasteiger partial charge in [-0.25, -0.2) is 9.69 Å². The van der Waals surface area contributed by atoms with E-state index in [0.717, 1.165) is 10.5 Å². The third kappa shape index (κ3) is 1.83. The molecular formula is C16H16N2O3. The maximum atomic E-state index is 12.7. The van der Waals surface area contributed by atoms with Crippen molar-refractivity contribution in [1.29, 1.82) is 5.26 Å². The Labute approximate surface area is 123 Å². The van der Waals surface area contributed by atoms with Crippen molar-refractivity contribution in [2.75, 3.05) is 4.90 Å². The predicted octanol–water partition coefficient (Wildman–Crippen LogP) is 2.75. The van der Waals surface area contributed by atoms with Crippen LogP contribution >= 0.6 is 0 Å². The van der Waals surface area contributed by atoms with Crippen molar-refractivity contribution in [3.63, 3.8) is 0 Å². The van der Waals surface area contributed by atoms with Gasteiger partial charge in [0, 0.05) is 0 Å². The number of benzene rings is 1. The van der Waals surface area contributed by atoms with Crippen molar-refractivity contribution < 1.29 is 14.3 Å². The largest absolute Gasteiger partial charge is 0.443 e. The van der Waals surface area contributed by atoms with Crippen molar-refractivity contribution in [1.82, 2.24) is 0 Å². The van der Waals surface area contributed by atoms with Crippen molar-refractivity contribution in [2.24, 2.45) is 5.92 Å². The molecule has 1 spiro atoms. The van der Waals surface area contributed by atoms with Gasteiger partial charge >= 0.3 is 6.09 Å². The van der Waals surface area contributed by atoms with Crippen LogP contribution in [-0.2, 0) is 14.9 Å². The lowest BCUT2D eigenvalue weighted by Gasteiger charge is -2.24. The summed E-state index contributed by atoms with van der Waals surface area (Å²) in [7, 11) is 0. The van der Waals surface area contributed by atoms with Crippen LogP contribution in [-0.4, -0.2) is 17.6 Å². The average molecular weight is 284 g/mol. The third-order valence-corrected chi connectivity index (χ3v) is 3.90. The summed E-state index contributed by atoms with van der Waals surface area (Å²) < 4.78 is 5.32. The van der Waals surface area contributed by atoms with E-state index in [9.17, 15) is 9.59 Å². The van der Waals surface area contributed by atoms with E-state index >= 15 is 0 Å². The first kappa shape index (κ1) is 13.6. The van der Waals surface area contributed by atoms with Crippen molar-refractivity contribution in [2.45, 2.75) is 38.2 Å². The van der Waals surface area contributed by atoms with Crippen LogP contribution in [0.4, 0.5) is 10.5 Å². The number of carbonyl (C=O) groups is 2. The molecule has 2 amide bonds. The summed E-state index contributed by atoms with van der Waals surface area (Å²) in [6.07, 6.45) is -0.209. The Morgan fingerprint density at radius 3 is 2.67 bits per heavy atom. The van der Waals surface area contributed by atoms with E-state index in [2.05, 4.69) is 6.07 Å². The van der Waals surface area contributed by atoms with Crippen LogP contribution in [0.1, 0.15) is 32.8 Å². The molecule has 108 valence electrons. The smallest absolute Gasteiger partial charge is 0.421 e. The number of fused-ring (bicyclic) bond motifs is 2. The fraction of sp³-hybridized carbons (Fsp3) is 0.438. The number of amides is 2. The topological polar surface area (TPSA) is 70.4 Å². The SMILES string of the molecule is CC(C)(C)OC(=O)N1C(=O)[C@]2(CC2C#N)c2ccccc21. The summed E-state index contributed by atoms with van der Waals surface area (Å²) in [5, 5.41) is 9.15. The highest BCUT2D eigenvalue weighted by Gasteiger charge is 2.68. The fourth-order valence-electron chi connectivity index (χ4n) is 2.91. The zero-order valence-corrected chi connectivity index (χ0v) is 12.2. The van der Waals surface area contributed by atoms with Gasteiger partial charge in [-0.2, -0.15) is 5.26 Å². The van der Waals surface area contributed by atoms with E-state index in [-0.39, 0.29) is 11.8 Å². The minimum Gasteiger partial charge on any atom is -0.443 e. The first-order chi connectivity index (χ1) is 9.81. The number of nitriles is 1. The molecule has 1 heterocycles. The van der Waals surface area contributed by atoms with E-state index in [1.807, 2.05) is 12.1 Å². The van der Waals surface area contributed by atoms with Gasteiger partial charge in [0.05, 0.1) is 23.1 Å². The summed E-state index contributed by atoms with van der Waals surface area (Å²) in [6, 6.07) is 9.28. The normalized spacial score (nSPS) is 26.5. The molecule has 5 heteroatoms. The second kappa shape index (κ2) is 4.08. The van der Waals surface area contributed by atoms with Gasteiger partial charge in [0.2, 0.25) is 5.91 Å². The van der Waals surface area contributed by atoms with Gasteiger partial charge in [-0.3, -0.25) is 4.79 Å². The molecule has 3 rings (SSSR count). The van der Waals surface area contributed by atoms with Crippen LogP contribution in [0.5, 0.6) is 0 Å². The second-order valence-corrected chi connectivity index (χ2v) is 6.50. The minimum absolute atomic E-state index is 0.343. The summed E-state index contributed by atoms with van der Waals surface area (Å²) in [5.41, 5.74) is -0.232. The second-order valence-electron chi connectivity index (χ2n) is 6.50.